The maximum absolute atomic E-state index is 11.3. The van der Waals surface area contributed by atoms with Gasteiger partial charge in [-0.3, -0.25) is 9.59 Å². The van der Waals surface area contributed by atoms with Crippen molar-refractivity contribution in [2.45, 2.75) is 13.8 Å². The Morgan fingerprint density at radius 3 is 0.893 bits per heavy atom. The summed E-state index contributed by atoms with van der Waals surface area (Å²) in [7, 11) is 0. The van der Waals surface area contributed by atoms with Crippen LogP contribution in [0.5, 0.6) is 0 Å². The first-order valence-corrected chi connectivity index (χ1v) is 8.87. The molecular formula is C26H18O2. The lowest BCUT2D eigenvalue weighted by atomic mass is 10.1. The van der Waals surface area contributed by atoms with Crippen molar-refractivity contribution in [3.8, 4) is 23.7 Å². The number of ketones is 2. The molecule has 3 aromatic rings. The highest BCUT2D eigenvalue weighted by Gasteiger charge is 1.98. The third-order valence-electron chi connectivity index (χ3n) is 4.17. The second-order valence-electron chi connectivity index (χ2n) is 6.34. The second-order valence-corrected chi connectivity index (χ2v) is 6.34. The maximum Gasteiger partial charge on any atom is 0.159 e. The van der Waals surface area contributed by atoms with Gasteiger partial charge in [-0.05, 0) is 62.4 Å². The van der Waals surface area contributed by atoms with E-state index >= 15 is 0 Å². The van der Waals surface area contributed by atoms with Crippen LogP contribution in [0.1, 0.15) is 56.8 Å². The molecule has 134 valence electrons. The van der Waals surface area contributed by atoms with Gasteiger partial charge in [0.05, 0.1) is 0 Å². The smallest absolute Gasteiger partial charge is 0.159 e. The van der Waals surface area contributed by atoms with Crippen LogP contribution >= 0.6 is 0 Å². The number of carbonyl (C=O) groups excluding carboxylic acids is 2. The van der Waals surface area contributed by atoms with Crippen molar-refractivity contribution < 1.29 is 9.59 Å². The topological polar surface area (TPSA) is 34.1 Å². The minimum Gasteiger partial charge on any atom is -0.295 e. The molecule has 0 radical (unpaired) electrons. The molecule has 3 aromatic carbocycles. The van der Waals surface area contributed by atoms with Gasteiger partial charge < -0.3 is 0 Å². The normalized spacial score (nSPS) is 9.50. The van der Waals surface area contributed by atoms with Crippen LogP contribution in [0.2, 0.25) is 0 Å². The van der Waals surface area contributed by atoms with Crippen molar-refractivity contribution >= 4 is 11.6 Å². The van der Waals surface area contributed by atoms with Crippen LogP contribution in [0, 0.1) is 23.7 Å². The zero-order chi connectivity index (χ0) is 19.9. The summed E-state index contributed by atoms with van der Waals surface area (Å²) in [5.74, 6) is 12.5. The van der Waals surface area contributed by atoms with Gasteiger partial charge in [0.1, 0.15) is 0 Å². The zero-order valence-corrected chi connectivity index (χ0v) is 15.7. The van der Waals surface area contributed by atoms with E-state index in [1.54, 1.807) is 38.1 Å². The number of hydrogen-bond donors (Lipinski definition) is 0. The number of rotatable bonds is 2. The quantitative estimate of drug-likeness (QED) is 0.480. The van der Waals surface area contributed by atoms with Gasteiger partial charge in [0, 0.05) is 33.4 Å². The summed E-state index contributed by atoms with van der Waals surface area (Å²) in [6.07, 6.45) is 0. The van der Waals surface area contributed by atoms with Gasteiger partial charge >= 0.3 is 0 Å². The molecule has 3 rings (SSSR count). The summed E-state index contributed by atoms with van der Waals surface area (Å²) >= 11 is 0. The number of Topliss-reactive ketones (excluding diaryl/α,β-unsaturated/α-hetero) is 2. The summed E-state index contributed by atoms with van der Waals surface area (Å²) in [5.41, 5.74) is 4.89. The monoisotopic (exact) mass is 362 g/mol. The van der Waals surface area contributed by atoms with Crippen molar-refractivity contribution in [1.82, 2.24) is 0 Å². The Hall–Kier alpha value is -3.88. The summed E-state index contributed by atoms with van der Waals surface area (Å²) in [6, 6.07) is 22.3. The highest BCUT2D eigenvalue weighted by molar-refractivity contribution is 5.94. The van der Waals surface area contributed by atoms with E-state index in [1.807, 2.05) is 48.5 Å². The molecule has 0 saturated carbocycles. The van der Waals surface area contributed by atoms with Crippen LogP contribution < -0.4 is 0 Å². The van der Waals surface area contributed by atoms with Crippen molar-refractivity contribution in [3.63, 3.8) is 0 Å². The third-order valence-corrected chi connectivity index (χ3v) is 4.17. The molecule has 0 bridgehead atoms. The fraction of sp³-hybridized carbons (Fsp3) is 0.0769. The summed E-state index contributed by atoms with van der Waals surface area (Å²) in [6.45, 7) is 3.10. The number of hydrogen-bond acceptors (Lipinski definition) is 2. The predicted molar refractivity (Wildman–Crippen MR) is 111 cm³/mol. The molecule has 0 spiro atoms. The van der Waals surface area contributed by atoms with Crippen molar-refractivity contribution in [3.05, 3.63) is 106 Å². The lowest BCUT2D eigenvalue weighted by Gasteiger charge is -1.96. The third kappa shape index (κ3) is 5.07. The highest BCUT2D eigenvalue weighted by Crippen LogP contribution is 2.07. The Morgan fingerprint density at radius 2 is 0.679 bits per heavy atom. The van der Waals surface area contributed by atoms with Crippen molar-refractivity contribution in [2.24, 2.45) is 0 Å². The number of carbonyl (C=O) groups is 2. The fourth-order valence-corrected chi connectivity index (χ4v) is 2.50. The summed E-state index contributed by atoms with van der Waals surface area (Å²) in [4.78, 5) is 22.6. The van der Waals surface area contributed by atoms with Crippen molar-refractivity contribution in [2.75, 3.05) is 0 Å². The van der Waals surface area contributed by atoms with E-state index < -0.39 is 0 Å². The molecule has 0 saturated heterocycles. The average Bonchev–Trinajstić information content (AvgIpc) is 2.72. The molecule has 0 aliphatic rings. The van der Waals surface area contributed by atoms with Gasteiger partial charge in [0.2, 0.25) is 0 Å². The van der Waals surface area contributed by atoms with E-state index in [9.17, 15) is 9.59 Å². The van der Waals surface area contributed by atoms with Crippen LogP contribution in [-0.2, 0) is 0 Å². The van der Waals surface area contributed by atoms with Crippen LogP contribution in [0.4, 0.5) is 0 Å². The molecule has 2 nitrogen and oxygen atoms in total. The predicted octanol–water partition coefficient (Wildman–Crippen LogP) is 4.89. The Kier molecular flexibility index (Phi) is 5.85. The maximum atomic E-state index is 11.3. The molecule has 0 N–H and O–H groups in total. The molecule has 28 heavy (non-hydrogen) atoms. The van der Waals surface area contributed by atoms with Crippen LogP contribution in [0.25, 0.3) is 0 Å². The first-order chi connectivity index (χ1) is 13.5. The molecule has 2 heteroatoms. The lowest BCUT2D eigenvalue weighted by molar-refractivity contribution is 0.100. The largest absolute Gasteiger partial charge is 0.295 e. The molecule has 0 heterocycles. The SMILES string of the molecule is CC(=O)c1ccc(C#Cc2ccc(C#Cc3ccc(C(C)=O)cc3)cc2)cc1. The van der Waals surface area contributed by atoms with E-state index in [0.29, 0.717) is 11.1 Å². The second kappa shape index (κ2) is 8.67. The molecule has 0 aliphatic carbocycles. The van der Waals surface area contributed by atoms with E-state index in [4.69, 9.17) is 0 Å². The van der Waals surface area contributed by atoms with Crippen molar-refractivity contribution in [1.29, 1.82) is 0 Å². The molecule has 0 unspecified atom stereocenters. The van der Waals surface area contributed by atoms with E-state index in [-0.39, 0.29) is 11.6 Å². The molecular weight excluding hydrogens is 344 g/mol. The van der Waals surface area contributed by atoms with Gasteiger partial charge in [-0.2, -0.15) is 0 Å². The Bertz CT molecular complexity index is 1030. The Balaban J connectivity index is 1.69. The van der Waals surface area contributed by atoms with E-state index in [0.717, 1.165) is 22.3 Å². The Morgan fingerprint density at radius 1 is 0.464 bits per heavy atom. The minimum absolute atomic E-state index is 0.0472. The van der Waals surface area contributed by atoms with Gasteiger partial charge in [-0.15, -0.1) is 0 Å². The summed E-state index contributed by atoms with van der Waals surface area (Å²) in [5, 5.41) is 0. The molecule has 0 fully saturated rings. The fourth-order valence-electron chi connectivity index (χ4n) is 2.50. The first-order valence-electron chi connectivity index (χ1n) is 8.87. The minimum atomic E-state index is 0.0472. The average molecular weight is 362 g/mol. The molecule has 0 aliphatic heterocycles. The van der Waals surface area contributed by atoms with Gasteiger partial charge in [0.15, 0.2) is 11.6 Å². The lowest BCUT2D eigenvalue weighted by Crippen LogP contribution is -1.90. The highest BCUT2D eigenvalue weighted by atomic mass is 16.1. The molecule has 0 atom stereocenters. The van der Waals surface area contributed by atoms with Crippen LogP contribution in [0.3, 0.4) is 0 Å². The molecule has 0 amide bonds. The first kappa shape index (κ1) is 18.9. The van der Waals surface area contributed by atoms with Crippen LogP contribution in [-0.4, -0.2) is 11.6 Å². The number of benzene rings is 3. The Labute approximate surface area is 165 Å². The molecule has 0 aromatic heterocycles. The van der Waals surface area contributed by atoms with E-state index in [2.05, 4.69) is 23.7 Å². The summed E-state index contributed by atoms with van der Waals surface area (Å²) < 4.78 is 0. The van der Waals surface area contributed by atoms with Gasteiger partial charge in [-0.25, -0.2) is 0 Å². The van der Waals surface area contributed by atoms with E-state index in [1.165, 1.54) is 0 Å². The standard InChI is InChI=1S/C26H18O2/c1-19(27)25-15-11-23(12-16-25)9-7-21-3-5-22(6-4-21)8-10-24-13-17-26(18-14-24)20(2)28/h3-6,11-18H,1-2H3. The van der Waals surface area contributed by atoms with Crippen LogP contribution in [0.15, 0.2) is 72.8 Å². The zero-order valence-electron chi connectivity index (χ0n) is 15.7. The van der Waals surface area contributed by atoms with Gasteiger partial charge in [-0.1, -0.05) is 47.9 Å². The van der Waals surface area contributed by atoms with Gasteiger partial charge in [0.25, 0.3) is 0 Å².